The van der Waals surface area contributed by atoms with Crippen molar-refractivity contribution in [2.24, 2.45) is 5.92 Å². The van der Waals surface area contributed by atoms with Gasteiger partial charge in [-0.15, -0.1) is 0 Å². The number of aromatic nitrogens is 2. The van der Waals surface area contributed by atoms with Gasteiger partial charge in [-0.25, -0.2) is 4.98 Å². The molecule has 1 heterocycles. The molecule has 5 heteroatoms. The first-order valence-electron chi connectivity index (χ1n) is 9.71. The summed E-state index contributed by atoms with van der Waals surface area (Å²) in [5, 5.41) is 3.04. The molecule has 0 atom stereocenters. The van der Waals surface area contributed by atoms with Gasteiger partial charge in [0.2, 0.25) is 5.91 Å². The number of amides is 1. The fourth-order valence-corrected chi connectivity index (χ4v) is 3.24. The van der Waals surface area contributed by atoms with Crippen LogP contribution in [0.5, 0.6) is 5.75 Å². The van der Waals surface area contributed by atoms with Crippen molar-refractivity contribution in [3.63, 3.8) is 0 Å². The van der Waals surface area contributed by atoms with Gasteiger partial charge in [0.1, 0.15) is 11.6 Å². The van der Waals surface area contributed by atoms with E-state index in [0.29, 0.717) is 13.2 Å². The molecule has 1 amide bonds. The number of hydrogen-bond donors (Lipinski definition) is 1. The topological polar surface area (TPSA) is 56.2 Å². The van der Waals surface area contributed by atoms with E-state index in [1.54, 1.807) is 0 Å². The number of para-hydroxylation sites is 3. The molecule has 0 aliphatic heterocycles. The number of fused-ring (bicyclic) bond motifs is 1. The molecule has 0 unspecified atom stereocenters. The maximum atomic E-state index is 12.0. The second-order valence-electron chi connectivity index (χ2n) is 7.03. The zero-order valence-corrected chi connectivity index (χ0v) is 15.4. The minimum atomic E-state index is 0.157. The van der Waals surface area contributed by atoms with Gasteiger partial charge in [0.25, 0.3) is 0 Å². The predicted molar refractivity (Wildman–Crippen MR) is 105 cm³/mol. The summed E-state index contributed by atoms with van der Waals surface area (Å²) in [6, 6.07) is 18.1. The lowest BCUT2D eigenvalue weighted by molar-refractivity contribution is -0.122. The quantitative estimate of drug-likeness (QED) is 0.586. The summed E-state index contributed by atoms with van der Waals surface area (Å²) in [7, 11) is 0. The molecule has 0 spiro atoms. The van der Waals surface area contributed by atoms with Crippen LogP contribution in [-0.2, 0) is 17.9 Å². The summed E-state index contributed by atoms with van der Waals surface area (Å²) in [5.74, 6) is 2.21. The highest BCUT2D eigenvalue weighted by atomic mass is 16.5. The summed E-state index contributed by atoms with van der Waals surface area (Å²) in [4.78, 5) is 16.7. The number of carbonyl (C=O) groups excluding carboxylic acids is 1. The molecule has 0 saturated heterocycles. The van der Waals surface area contributed by atoms with E-state index in [1.807, 2.05) is 48.5 Å². The van der Waals surface area contributed by atoms with Gasteiger partial charge in [0, 0.05) is 12.5 Å². The average molecular weight is 363 g/mol. The largest absolute Gasteiger partial charge is 0.494 e. The van der Waals surface area contributed by atoms with Crippen LogP contribution in [0.15, 0.2) is 54.6 Å². The number of carbonyl (C=O) groups is 1. The normalized spacial score (nSPS) is 13.6. The first-order chi connectivity index (χ1) is 13.3. The Hall–Kier alpha value is -2.82. The van der Waals surface area contributed by atoms with Crippen molar-refractivity contribution in [2.45, 2.75) is 38.8 Å². The van der Waals surface area contributed by atoms with E-state index in [2.05, 4.69) is 16.0 Å². The van der Waals surface area contributed by atoms with E-state index in [-0.39, 0.29) is 11.8 Å². The third-order valence-corrected chi connectivity index (χ3v) is 4.89. The minimum Gasteiger partial charge on any atom is -0.494 e. The number of benzene rings is 2. The molecule has 3 aromatic rings. The van der Waals surface area contributed by atoms with Crippen LogP contribution in [0.4, 0.5) is 0 Å². The van der Waals surface area contributed by atoms with Crippen molar-refractivity contribution in [2.75, 3.05) is 6.61 Å². The van der Waals surface area contributed by atoms with Crippen molar-refractivity contribution in [1.29, 1.82) is 0 Å². The van der Waals surface area contributed by atoms with Crippen LogP contribution in [-0.4, -0.2) is 22.1 Å². The Morgan fingerprint density at radius 3 is 2.67 bits per heavy atom. The summed E-state index contributed by atoms with van der Waals surface area (Å²) in [6.45, 7) is 2.06. The summed E-state index contributed by atoms with van der Waals surface area (Å²) >= 11 is 0. The number of hydrogen-bond acceptors (Lipinski definition) is 3. The molecule has 4 rings (SSSR count). The zero-order valence-electron chi connectivity index (χ0n) is 15.4. The molecule has 0 bridgehead atoms. The summed E-state index contributed by atoms with van der Waals surface area (Å²) < 4.78 is 8.00. The molecule has 140 valence electrons. The molecule has 1 aliphatic carbocycles. The van der Waals surface area contributed by atoms with Crippen LogP contribution >= 0.6 is 0 Å². The maximum Gasteiger partial charge on any atom is 0.223 e. The number of ether oxygens (including phenoxy) is 1. The highest BCUT2D eigenvalue weighted by Crippen LogP contribution is 2.29. The van der Waals surface area contributed by atoms with Crippen LogP contribution in [0.25, 0.3) is 11.0 Å². The van der Waals surface area contributed by atoms with E-state index in [4.69, 9.17) is 9.72 Å². The van der Waals surface area contributed by atoms with E-state index >= 15 is 0 Å². The Morgan fingerprint density at radius 2 is 1.85 bits per heavy atom. The number of imidazole rings is 1. The van der Waals surface area contributed by atoms with Gasteiger partial charge >= 0.3 is 0 Å². The number of unbranched alkanes of at least 4 members (excludes halogenated alkanes) is 1. The molecule has 1 aromatic heterocycles. The summed E-state index contributed by atoms with van der Waals surface area (Å²) in [5.41, 5.74) is 2.10. The van der Waals surface area contributed by atoms with E-state index in [1.165, 1.54) is 0 Å². The van der Waals surface area contributed by atoms with Gasteiger partial charge in [0.15, 0.2) is 0 Å². The smallest absolute Gasteiger partial charge is 0.223 e. The van der Waals surface area contributed by atoms with Gasteiger partial charge in [-0.05, 0) is 49.9 Å². The van der Waals surface area contributed by atoms with Gasteiger partial charge in [0.05, 0.1) is 24.2 Å². The highest BCUT2D eigenvalue weighted by molar-refractivity contribution is 5.81. The molecular formula is C22H25N3O2. The fraction of sp³-hybridized carbons (Fsp3) is 0.364. The maximum absolute atomic E-state index is 12.0. The molecule has 1 fully saturated rings. The minimum absolute atomic E-state index is 0.157. The van der Waals surface area contributed by atoms with Crippen molar-refractivity contribution >= 4 is 16.9 Å². The fourth-order valence-electron chi connectivity index (χ4n) is 3.24. The van der Waals surface area contributed by atoms with Crippen molar-refractivity contribution < 1.29 is 9.53 Å². The number of nitrogens with one attached hydrogen (secondary N) is 1. The molecular weight excluding hydrogens is 338 g/mol. The molecule has 5 nitrogen and oxygen atoms in total. The van der Waals surface area contributed by atoms with E-state index in [9.17, 15) is 4.79 Å². The second kappa shape index (κ2) is 8.25. The van der Waals surface area contributed by atoms with Gasteiger partial charge < -0.3 is 14.6 Å². The SMILES string of the molecule is O=C(NCc1nc2ccccc2n1CCCCOc1ccccc1)C1CC1. The molecule has 1 aliphatic rings. The standard InChI is InChI=1S/C22H25N3O2/c26-22(17-12-13-17)23-16-21-24-19-10-4-5-11-20(19)25(21)14-6-7-15-27-18-8-2-1-3-9-18/h1-5,8-11,17H,6-7,12-16H2,(H,23,26). The average Bonchev–Trinajstić information content (AvgIpc) is 3.49. The second-order valence-corrected chi connectivity index (χ2v) is 7.03. The molecule has 1 N–H and O–H groups in total. The Bertz CT molecular complexity index is 900. The van der Waals surface area contributed by atoms with Crippen molar-refractivity contribution in [1.82, 2.24) is 14.9 Å². The Balaban J connectivity index is 1.35. The van der Waals surface area contributed by atoms with Crippen molar-refractivity contribution in [3.8, 4) is 5.75 Å². The first-order valence-corrected chi connectivity index (χ1v) is 9.71. The number of aryl methyl sites for hydroxylation is 1. The first kappa shape index (κ1) is 17.6. The molecule has 0 radical (unpaired) electrons. The van der Waals surface area contributed by atoms with Crippen LogP contribution in [0.3, 0.4) is 0 Å². The lowest BCUT2D eigenvalue weighted by Crippen LogP contribution is -2.26. The lowest BCUT2D eigenvalue weighted by atomic mass is 10.3. The van der Waals surface area contributed by atoms with Gasteiger partial charge in [-0.3, -0.25) is 4.79 Å². The highest BCUT2D eigenvalue weighted by Gasteiger charge is 2.29. The van der Waals surface area contributed by atoms with Gasteiger partial charge in [-0.2, -0.15) is 0 Å². The van der Waals surface area contributed by atoms with E-state index in [0.717, 1.165) is 54.8 Å². The number of rotatable bonds is 9. The van der Waals surface area contributed by atoms with E-state index < -0.39 is 0 Å². The monoisotopic (exact) mass is 363 g/mol. The Kier molecular flexibility index (Phi) is 5.37. The Labute approximate surface area is 159 Å². The predicted octanol–water partition coefficient (Wildman–Crippen LogP) is 3.92. The summed E-state index contributed by atoms with van der Waals surface area (Å²) in [6.07, 6.45) is 4.00. The number of nitrogens with zero attached hydrogens (tertiary/aromatic N) is 2. The zero-order chi connectivity index (χ0) is 18.5. The van der Waals surface area contributed by atoms with Crippen molar-refractivity contribution in [3.05, 3.63) is 60.4 Å². The lowest BCUT2D eigenvalue weighted by Gasteiger charge is -2.11. The third-order valence-electron chi connectivity index (χ3n) is 4.89. The Morgan fingerprint density at radius 1 is 1.07 bits per heavy atom. The van der Waals surface area contributed by atoms with Crippen LogP contribution in [0.1, 0.15) is 31.5 Å². The van der Waals surface area contributed by atoms with Crippen LogP contribution < -0.4 is 10.1 Å². The third kappa shape index (κ3) is 4.48. The van der Waals surface area contributed by atoms with Crippen LogP contribution in [0, 0.1) is 5.92 Å². The molecule has 27 heavy (non-hydrogen) atoms. The molecule has 1 saturated carbocycles. The van der Waals surface area contributed by atoms with Crippen LogP contribution in [0.2, 0.25) is 0 Å². The molecule has 2 aromatic carbocycles. The van der Waals surface area contributed by atoms with Gasteiger partial charge in [-0.1, -0.05) is 30.3 Å².